The van der Waals surface area contributed by atoms with Gasteiger partial charge in [0.05, 0.1) is 0 Å². The molecule has 3 nitrogen and oxygen atoms in total. The molecule has 0 aliphatic heterocycles. The Morgan fingerprint density at radius 3 is 2.24 bits per heavy atom. The number of nitrogens with two attached hydrogens (primary N) is 1. The van der Waals surface area contributed by atoms with Crippen LogP contribution in [0.4, 0.5) is 5.69 Å². The summed E-state index contributed by atoms with van der Waals surface area (Å²) < 4.78 is 0. The van der Waals surface area contributed by atoms with Gasteiger partial charge >= 0.3 is 0 Å². The molecule has 1 aromatic carbocycles. The minimum atomic E-state index is 0.494. The van der Waals surface area contributed by atoms with Gasteiger partial charge in [-0.3, -0.25) is 4.99 Å². The maximum Gasteiger partial charge on any atom is 0.193 e. The zero-order valence-electron chi connectivity index (χ0n) is 11.5. The van der Waals surface area contributed by atoms with Gasteiger partial charge < -0.3 is 11.1 Å². The third kappa shape index (κ3) is 4.10. The second-order valence-electron chi connectivity index (χ2n) is 5.02. The molecule has 0 aliphatic carbocycles. The van der Waals surface area contributed by atoms with E-state index >= 15 is 0 Å². The monoisotopic (exact) mass is 233 g/mol. The van der Waals surface area contributed by atoms with E-state index in [1.807, 2.05) is 0 Å². The lowest BCUT2D eigenvalue weighted by Crippen LogP contribution is -2.24. The predicted octanol–water partition coefficient (Wildman–Crippen LogP) is 2.99. The van der Waals surface area contributed by atoms with Crippen molar-refractivity contribution in [3.8, 4) is 0 Å². The zero-order valence-corrected chi connectivity index (χ0v) is 11.5. The summed E-state index contributed by atoms with van der Waals surface area (Å²) in [5.74, 6) is 1.02. The minimum Gasteiger partial charge on any atom is -0.370 e. The van der Waals surface area contributed by atoms with Gasteiger partial charge in [-0.05, 0) is 37.8 Å². The Kier molecular flexibility index (Phi) is 4.55. The minimum absolute atomic E-state index is 0.494. The molecule has 94 valence electrons. The van der Waals surface area contributed by atoms with Gasteiger partial charge in [0.25, 0.3) is 0 Å². The number of anilines is 1. The van der Waals surface area contributed by atoms with Crippen LogP contribution in [0.1, 0.15) is 30.5 Å². The molecule has 3 heteroatoms. The molecule has 1 rings (SSSR count). The Labute approximate surface area is 104 Å². The summed E-state index contributed by atoms with van der Waals surface area (Å²) in [7, 11) is 0. The molecule has 0 aromatic heterocycles. The first-order chi connectivity index (χ1) is 7.90. The van der Waals surface area contributed by atoms with Gasteiger partial charge in [0, 0.05) is 12.2 Å². The average Bonchev–Trinajstić information content (AvgIpc) is 2.20. The smallest absolute Gasteiger partial charge is 0.193 e. The second-order valence-corrected chi connectivity index (χ2v) is 5.02. The number of nitrogens with one attached hydrogen (secondary N) is 1. The molecule has 3 N–H and O–H groups in total. The van der Waals surface area contributed by atoms with Crippen LogP contribution in [0.2, 0.25) is 0 Å². The van der Waals surface area contributed by atoms with Gasteiger partial charge in [-0.15, -0.1) is 0 Å². The molecule has 0 radical (unpaired) electrons. The van der Waals surface area contributed by atoms with Crippen LogP contribution in [0, 0.1) is 26.7 Å². The largest absolute Gasteiger partial charge is 0.370 e. The molecule has 0 saturated carbocycles. The summed E-state index contributed by atoms with van der Waals surface area (Å²) in [5.41, 5.74) is 10.6. The van der Waals surface area contributed by atoms with Gasteiger partial charge in [0.15, 0.2) is 5.96 Å². The first-order valence-electron chi connectivity index (χ1n) is 6.05. The SMILES string of the molecule is Cc1cc(C)c(NC(N)=NCC(C)C)c(C)c1. The van der Waals surface area contributed by atoms with Crippen LogP contribution < -0.4 is 11.1 Å². The second kappa shape index (κ2) is 5.71. The fourth-order valence-electron chi connectivity index (χ4n) is 1.83. The lowest BCUT2D eigenvalue weighted by atomic mass is 10.1. The molecule has 0 heterocycles. The van der Waals surface area contributed by atoms with Crippen LogP contribution in [0.5, 0.6) is 0 Å². The number of rotatable bonds is 3. The highest BCUT2D eigenvalue weighted by Crippen LogP contribution is 2.21. The molecule has 0 spiro atoms. The van der Waals surface area contributed by atoms with Crippen LogP contribution >= 0.6 is 0 Å². The van der Waals surface area contributed by atoms with E-state index in [1.165, 1.54) is 16.7 Å². The Morgan fingerprint density at radius 1 is 1.24 bits per heavy atom. The average molecular weight is 233 g/mol. The zero-order chi connectivity index (χ0) is 13.0. The van der Waals surface area contributed by atoms with Gasteiger partial charge in [-0.25, -0.2) is 0 Å². The van der Waals surface area contributed by atoms with Crippen LogP contribution in [-0.4, -0.2) is 12.5 Å². The van der Waals surface area contributed by atoms with Crippen LogP contribution in [0.3, 0.4) is 0 Å². The topological polar surface area (TPSA) is 50.4 Å². The Balaban J connectivity index is 2.85. The molecular weight excluding hydrogens is 210 g/mol. The highest BCUT2D eigenvalue weighted by atomic mass is 15.1. The van der Waals surface area contributed by atoms with Crippen LogP contribution in [-0.2, 0) is 0 Å². The normalized spacial score (nSPS) is 12.0. The van der Waals surface area contributed by atoms with E-state index in [9.17, 15) is 0 Å². The predicted molar refractivity (Wildman–Crippen MR) is 75.6 cm³/mol. The molecule has 0 amide bonds. The van der Waals surface area contributed by atoms with Gasteiger partial charge in [-0.1, -0.05) is 31.5 Å². The lowest BCUT2D eigenvalue weighted by molar-refractivity contribution is 0.665. The van der Waals surface area contributed by atoms with Crippen LogP contribution in [0.15, 0.2) is 17.1 Å². The summed E-state index contributed by atoms with van der Waals surface area (Å²) in [5, 5.41) is 3.19. The number of guanidine groups is 1. The van der Waals surface area contributed by atoms with Crippen molar-refractivity contribution >= 4 is 11.6 Å². The Hall–Kier alpha value is -1.51. The lowest BCUT2D eigenvalue weighted by Gasteiger charge is -2.13. The summed E-state index contributed by atoms with van der Waals surface area (Å²) in [4.78, 5) is 4.31. The highest BCUT2D eigenvalue weighted by Gasteiger charge is 2.04. The van der Waals surface area contributed by atoms with Crippen molar-refractivity contribution in [2.75, 3.05) is 11.9 Å². The van der Waals surface area contributed by atoms with E-state index in [1.54, 1.807) is 0 Å². The third-order valence-electron chi connectivity index (χ3n) is 2.56. The van der Waals surface area contributed by atoms with Gasteiger partial charge in [0.1, 0.15) is 0 Å². The van der Waals surface area contributed by atoms with Crippen molar-refractivity contribution in [2.45, 2.75) is 34.6 Å². The van der Waals surface area contributed by atoms with Crippen LogP contribution in [0.25, 0.3) is 0 Å². The van der Waals surface area contributed by atoms with E-state index < -0.39 is 0 Å². The number of hydrogen-bond acceptors (Lipinski definition) is 1. The van der Waals surface area contributed by atoms with E-state index in [-0.39, 0.29) is 0 Å². The molecule has 1 aromatic rings. The number of nitrogens with zero attached hydrogens (tertiary/aromatic N) is 1. The molecule has 17 heavy (non-hydrogen) atoms. The van der Waals surface area contributed by atoms with E-state index in [0.717, 1.165) is 12.2 Å². The summed E-state index contributed by atoms with van der Waals surface area (Å²) in [6.07, 6.45) is 0. The molecule has 0 fully saturated rings. The molecular formula is C14H23N3. The molecule has 0 bridgehead atoms. The summed E-state index contributed by atoms with van der Waals surface area (Å²) in [6.45, 7) is 11.3. The maximum absolute atomic E-state index is 5.87. The van der Waals surface area contributed by atoms with Gasteiger partial charge in [-0.2, -0.15) is 0 Å². The standard InChI is InChI=1S/C14H23N3/c1-9(2)8-16-14(15)17-13-11(4)6-10(3)7-12(13)5/h6-7,9H,8H2,1-5H3,(H3,15,16,17). The van der Waals surface area contributed by atoms with E-state index in [0.29, 0.717) is 11.9 Å². The Bertz CT molecular complexity index is 396. The first-order valence-corrected chi connectivity index (χ1v) is 6.05. The van der Waals surface area contributed by atoms with Crippen molar-refractivity contribution in [1.29, 1.82) is 0 Å². The number of aliphatic imine (C=N–C) groups is 1. The number of aryl methyl sites for hydroxylation is 3. The molecule has 0 aliphatic rings. The van der Waals surface area contributed by atoms with Crippen molar-refractivity contribution in [3.05, 3.63) is 28.8 Å². The molecule has 0 atom stereocenters. The Morgan fingerprint density at radius 2 is 1.76 bits per heavy atom. The fraction of sp³-hybridized carbons (Fsp3) is 0.500. The summed E-state index contributed by atoms with van der Waals surface area (Å²) in [6, 6.07) is 4.29. The van der Waals surface area contributed by atoms with Crippen molar-refractivity contribution in [1.82, 2.24) is 0 Å². The summed E-state index contributed by atoms with van der Waals surface area (Å²) >= 11 is 0. The third-order valence-corrected chi connectivity index (χ3v) is 2.56. The van der Waals surface area contributed by atoms with Crippen molar-refractivity contribution in [2.24, 2.45) is 16.6 Å². The van der Waals surface area contributed by atoms with E-state index in [4.69, 9.17) is 5.73 Å². The van der Waals surface area contributed by atoms with Crippen molar-refractivity contribution < 1.29 is 0 Å². The molecule has 0 saturated heterocycles. The number of benzene rings is 1. The fourth-order valence-corrected chi connectivity index (χ4v) is 1.83. The molecule has 0 unspecified atom stereocenters. The maximum atomic E-state index is 5.87. The first kappa shape index (κ1) is 13.6. The van der Waals surface area contributed by atoms with E-state index in [2.05, 4.69) is 57.1 Å². The van der Waals surface area contributed by atoms with Crippen molar-refractivity contribution in [3.63, 3.8) is 0 Å². The highest BCUT2D eigenvalue weighted by molar-refractivity contribution is 5.93. The van der Waals surface area contributed by atoms with Gasteiger partial charge in [0.2, 0.25) is 0 Å². The number of hydrogen-bond donors (Lipinski definition) is 2. The quantitative estimate of drug-likeness (QED) is 0.623.